The minimum atomic E-state index is 0.340. The summed E-state index contributed by atoms with van der Waals surface area (Å²) in [4.78, 5) is 1.43. The van der Waals surface area contributed by atoms with Crippen molar-refractivity contribution in [1.82, 2.24) is 5.32 Å². The van der Waals surface area contributed by atoms with Crippen molar-refractivity contribution in [1.29, 1.82) is 0 Å². The first-order valence-corrected chi connectivity index (χ1v) is 6.45. The molecule has 1 fully saturated rings. The molecule has 1 aliphatic heterocycles. The summed E-state index contributed by atoms with van der Waals surface area (Å²) < 4.78 is 5.84. The van der Waals surface area contributed by atoms with Crippen molar-refractivity contribution in [3.8, 4) is 0 Å². The summed E-state index contributed by atoms with van der Waals surface area (Å²) in [6, 6.07) is 2.55. The molecule has 84 valence electrons. The lowest BCUT2D eigenvalue weighted by molar-refractivity contribution is 0.0640. The monoisotopic (exact) mass is 225 g/mol. The summed E-state index contributed by atoms with van der Waals surface area (Å²) >= 11 is 1.83. The van der Waals surface area contributed by atoms with Crippen LogP contribution in [0.15, 0.2) is 11.4 Å². The number of aryl methyl sites for hydroxylation is 1. The van der Waals surface area contributed by atoms with E-state index in [0.29, 0.717) is 18.1 Å². The number of ether oxygens (including phenoxy) is 1. The Labute approximate surface area is 95.6 Å². The highest BCUT2D eigenvalue weighted by atomic mass is 32.1. The minimum Gasteiger partial charge on any atom is -0.376 e. The van der Waals surface area contributed by atoms with Crippen LogP contribution in [0.5, 0.6) is 0 Å². The maximum absolute atomic E-state index is 5.84. The Morgan fingerprint density at radius 3 is 2.87 bits per heavy atom. The van der Waals surface area contributed by atoms with Crippen LogP contribution in [-0.4, -0.2) is 19.8 Å². The molecule has 1 N–H and O–H groups in total. The van der Waals surface area contributed by atoms with Crippen LogP contribution in [0.4, 0.5) is 0 Å². The number of thiophene rings is 1. The number of hydrogen-bond donors (Lipinski definition) is 1. The third kappa shape index (κ3) is 2.10. The molecule has 3 atom stereocenters. The standard InChI is InChI=1S/C12H19NOS/c1-8-4-6-14-11(8)10(13-3)12-9(2)5-7-15-12/h5,7-8,10-11,13H,4,6H2,1-3H3. The Balaban J connectivity index is 2.20. The van der Waals surface area contributed by atoms with Gasteiger partial charge in [-0.2, -0.15) is 0 Å². The molecular weight excluding hydrogens is 206 g/mol. The summed E-state index contributed by atoms with van der Waals surface area (Å²) in [6.07, 6.45) is 1.53. The minimum absolute atomic E-state index is 0.340. The Morgan fingerprint density at radius 1 is 1.60 bits per heavy atom. The van der Waals surface area contributed by atoms with Crippen molar-refractivity contribution >= 4 is 11.3 Å². The molecule has 3 heteroatoms. The van der Waals surface area contributed by atoms with E-state index in [1.165, 1.54) is 16.9 Å². The Bertz CT molecular complexity index is 323. The second-order valence-electron chi connectivity index (χ2n) is 4.34. The van der Waals surface area contributed by atoms with Crippen LogP contribution < -0.4 is 5.32 Å². The molecule has 0 amide bonds. The summed E-state index contributed by atoms with van der Waals surface area (Å²) in [6.45, 7) is 5.37. The van der Waals surface area contributed by atoms with Gasteiger partial charge in [-0.15, -0.1) is 11.3 Å². The molecule has 0 radical (unpaired) electrons. The number of hydrogen-bond acceptors (Lipinski definition) is 3. The van der Waals surface area contributed by atoms with Crippen LogP contribution >= 0.6 is 11.3 Å². The topological polar surface area (TPSA) is 21.3 Å². The van der Waals surface area contributed by atoms with Crippen LogP contribution in [0.2, 0.25) is 0 Å². The molecular formula is C12H19NOS. The fourth-order valence-electron chi connectivity index (χ4n) is 2.29. The van der Waals surface area contributed by atoms with Gasteiger partial charge in [-0.25, -0.2) is 0 Å². The first kappa shape index (κ1) is 11.1. The average molecular weight is 225 g/mol. The summed E-state index contributed by atoms with van der Waals surface area (Å²) in [5.41, 5.74) is 1.38. The predicted octanol–water partition coefficient (Wildman–Crippen LogP) is 2.74. The van der Waals surface area contributed by atoms with Crippen LogP contribution in [0.1, 0.15) is 29.8 Å². The first-order valence-electron chi connectivity index (χ1n) is 5.57. The Hall–Kier alpha value is -0.380. The molecule has 1 aliphatic rings. The number of rotatable bonds is 3. The largest absolute Gasteiger partial charge is 0.376 e. The smallest absolute Gasteiger partial charge is 0.0804 e. The lowest BCUT2D eigenvalue weighted by Crippen LogP contribution is -2.32. The van der Waals surface area contributed by atoms with Crippen molar-refractivity contribution < 1.29 is 4.74 Å². The van der Waals surface area contributed by atoms with Crippen molar-refractivity contribution in [2.75, 3.05) is 13.7 Å². The Kier molecular flexibility index (Phi) is 3.44. The van der Waals surface area contributed by atoms with Crippen molar-refractivity contribution in [3.63, 3.8) is 0 Å². The van der Waals surface area contributed by atoms with Crippen LogP contribution in [0.3, 0.4) is 0 Å². The summed E-state index contributed by atoms with van der Waals surface area (Å²) in [5, 5.41) is 5.56. The van der Waals surface area contributed by atoms with Gasteiger partial charge in [0.15, 0.2) is 0 Å². The molecule has 0 aliphatic carbocycles. The van der Waals surface area contributed by atoms with E-state index in [2.05, 4.69) is 30.6 Å². The van der Waals surface area contributed by atoms with Gasteiger partial charge in [-0.1, -0.05) is 6.92 Å². The molecule has 3 unspecified atom stereocenters. The van der Waals surface area contributed by atoms with Crippen LogP contribution in [-0.2, 0) is 4.74 Å². The molecule has 2 heterocycles. The molecule has 0 aromatic carbocycles. The summed E-state index contributed by atoms with van der Waals surface area (Å²) in [5.74, 6) is 0.656. The van der Waals surface area contributed by atoms with Crippen molar-refractivity contribution in [3.05, 3.63) is 21.9 Å². The summed E-state index contributed by atoms with van der Waals surface area (Å²) in [7, 11) is 2.03. The number of likely N-dealkylation sites (N-methyl/N-ethyl adjacent to an activating group) is 1. The third-order valence-electron chi connectivity index (χ3n) is 3.27. The fraction of sp³-hybridized carbons (Fsp3) is 0.667. The second kappa shape index (κ2) is 4.64. The van der Waals surface area contributed by atoms with Gasteiger partial charge in [0.25, 0.3) is 0 Å². The SMILES string of the molecule is CNC(c1sccc1C)C1OCCC1C. The van der Waals surface area contributed by atoms with Gasteiger partial charge in [-0.3, -0.25) is 0 Å². The Morgan fingerprint density at radius 2 is 2.40 bits per heavy atom. The van der Waals surface area contributed by atoms with E-state index in [4.69, 9.17) is 4.74 Å². The van der Waals surface area contributed by atoms with E-state index in [0.717, 1.165) is 6.61 Å². The molecule has 1 saturated heterocycles. The molecule has 0 bridgehead atoms. The molecule has 2 nitrogen and oxygen atoms in total. The van der Waals surface area contributed by atoms with Crippen LogP contribution in [0.25, 0.3) is 0 Å². The molecule has 0 saturated carbocycles. The van der Waals surface area contributed by atoms with E-state index in [9.17, 15) is 0 Å². The van der Waals surface area contributed by atoms with E-state index in [1.807, 2.05) is 18.4 Å². The molecule has 2 rings (SSSR count). The quantitative estimate of drug-likeness (QED) is 0.854. The third-order valence-corrected chi connectivity index (χ3v) is 4.37. The molecule has 1 aromatic rings. The van der Waals surface area contributed by atoms with Gasteiger partial charge < -0.3 is 10.1 Å². The molecule has 1 aromatic heterocycles. The van der Waals surface area contributed by atoms with Crippen LogP contribution in [0, 0.1) is 12.8 Å². The highest BCUT2D eigenvalue weighted by molar-refractivity contribution is 7.10. The van der Waals surface area contributed by atoms with E-state index in [-0.39, 0.29) is 0 Å². The average Bonchev–Trinajstić information content (AvgIpc) is 2.80. The highest BCUT2D eigenvalue weighted by Crippen LogP contribution is 2.34. The second-order valence-corrected chi connectivity index (χ2v) is 5.28. The first-order chi connectivity index (χ1) is 7.24. The van der Waals surface area contributed by atoms with Gasteiger partial charge in [0.05, 0.1) is 12.1 Å². The van der Waals surface area contributed by atoms with Gasteiger partial charge in [-0.05, 0) is 43.3 Å². The lowest BCUT2D eigenvalue weighted by atomic mass is 9.95. The number of nitrogens with one attached hydrogen (secondary N) is 1. The fourth-order valence-corrected chi connectivity index (χ4v) is 3.36. The zero-order valence-corrected chi connectivity index (χ0v) is 10.4. The maximum atomic E-state index is 5.84. The molecule has 0 spiro atoms. The zero-order chi connectivity index (χ0) is 10.8. The van der Waals surface area contributed by atoms with Crippen molar-refractivity contribution in [2.24, 2.45) is 5.92 Å². The molecule has 15 heavy (non-hydrogen) atoms. The van der Waals surface area contributed by atoms with Gasteiger partial charge in [0.1, 0.15) is 0 Å². The van der Waals surface area contributed by atoms with E-state index < -0.39 is 0 Å². The van der Waals surface area contributed by atoms with Gasteiger partial charge in [0.2, 0.25) is 0 Å². The van der Waals surface area contributed by atoms with Gasteiger partial charge >= 0.3 is 0 Å². The highest BCUT2D eigenvalue weighted by Gasteiger charge is 2.33. The lowest BCUT2D eigenvalue weighted by Gasteiger charge is -2.25. The normalized spacial score (nSPS) is 28.2. The van der Waals surface area contributed by atoms with E-state index in [1.54, 1.807) is 0 Å². The van der Waals surface area contributed by atoms with Crippen molar-refractivity contribution in [2.45, 2.75) is 32.4 Å². The van der Waals surface area contributed by atoms with Gasteiger partial charge in [0, 0.05) is 11.5 Å². The maximum Gasteiger partial charge on any atom is 0.0804 e. The predicted molar refractivity (Wildman–Crippen MR) is 64.4 cm³/mol. The van der Waals surface area contributed by atoms with E-state index >= 15 is 0 Å². The zero-order valence-electron chi connectivity index (χ0n) is 9.62.